The maximum Gasteiger partial charge on any atom is 0.282 e. The highest BCUT2D eigenvalue weighted by Gasteiger charge is 2.38. The molecule has 2 aromatic rings. The first-order chi connectivity index (χ1) is 15.1. The molecule has 1 saturated carbocycles. The van der Waals surface area contributed by atoms with E-state index >= 15 is 0 Å². The second kappa shape index (κ2) is 8.27. The molecule has 0 radical (unpaired) electrons. The van der Waals surface area contributed by atoms with Crippen molar-refractivity contribution in [3.8, 4) is 5.69 Å². The molecule has 0 saturated heterocycles. The molecule has 2 aliphatic carbocycles. The van der Waals surface area contributed by atoms with Gasteiger partial charge >= 0.3 is 0 Å². The van der Waals surface area contributed by atoms with Crippen LogP contribution in [0.15, 0.2) is 18.2 Å². The first kappa shape index (κ1) is 22.4. The zero-order valence-electron chi connectivity index (χ0n) is 18.2. The SMILES string of the molecule is CC1(C)CC(=O)c2c(C(F)F)nn(-c3ccc(C(N)=O)c(NC4CCC(O)CC4)c3)c2C1. The highest BCUT2D eigenvalue weighted by molar-refractivity contribution is 6.00. The number of hydrogen-bond donors (Lipinski definition) is 3. The molecule has 4 N–H and O–H groups in total. The van der Waals surface area contributed by atoms with Crippen LogP contribution in [0.4, 0.5) is 14.5 Å². The first-order valence-electron chi connectivity index (χ1n) is 10.9. The summed E-state index contributed by atoms with van der Waals surface area (Å²) >= 11 is 0. The minimum Gasteiger partial charge on any atom is -0.393 e. The van der Waals surface area contributed by atoms with E-state index in [4.69, 9.17) is 5.73 Å². The van der Waals surface area contributed by atoms with Gasteiger partial charge in [0.15, 0.2) is 5.78 Å². The van der Waals surface area contributed by atoms with Gasteiger partial charge in [0.1, 0.15) is 5.69 Å². The molecule has 32 heavy (non-hydrogen) atoms. The number of primary amides is 1. The maximum atomic E-state index is 13.7. The van der Waals surface area contributed by atoms with E-state index in [1.807, 2.05) is 13.8 Å². The van der Waals surface area contributed by atoms with E-state index in [1.54, 1.807) is 18.2 Å². The van der Waals surface area contributed by atoms with Gasteiger partial charge in [-0.15, -0.1) is 0 Å². The highest BCUT2D eigenvalue weighted by Crippen LogP contribution is 2.40. The highest BCUT2D eigenvalue weighted by atomic mass is 19.3. The quantitative estimate of drug-likeness (QED) is 0.647. The Labute approximate surface area is 185 Å². The third kappa shape index (κ3) is 4.26. The average molecular weight is 446 g/mol. The third-order valence-electron chi connectivity index (χ3n) is 6.35. The summed E-state index contributed by atoms with van der Waals surface area (Å²) in [4.78, 5) is 24.7. The second-order valence-corrected chi connectivity index (χ2v) is 9.60. The standard InChI is InChI=1S/C23H28F2N4O3/c1-23(2)10-17-19(18(31)11-23)20(21(24)25)28-29(17)13-5-8-15(22(26)32)16(9-13)27-12-3-6-14(30)7-4-12/h5,8-9,12,14,21,27,30H,3-4,6-7,10-11H2,1-2H3,(H2,26,32). The van der Waals surface area contributed by atoms with E-state index in [0.717, 1.165) is 12.8 Å². The molecular weight excluding hydrogens is 418 g/mol. The topological polar surface area (TPSA) is 110 Å². The number of carbonyl (C=O) groups excluding carboxylic acids is 2. The van der Waals surface area contributed by atoms with Crippen molar-refractivity contribution in [2.45, 2.75) is 70.9 Å². The van der Waals surface area contributed by atoms with Crippen LogP contribution in [0.25, 0.3) is 5.69 Å². The van der Waals surface area contributed by atoms with Gasteiger partial charge in [-0.3, -0.25) is 9.59 Å². The lowest BCUT2D eigenvalue weighted by molar-refractivity contribution is 0.0896. The zero-order chi connectivity index (χ0) is 23.2. The Balaban J connectivity index is 1.78. The normalized spacial score (nSPS) is 22.6. The van der Waals surface area contributed by atoms with Gasteiger partial charge in [-0.05, 0) is 55.7 Å². The first-order valence-corrected chi connectivity index (χ1v) is 10.9. The van der Waals surface area contributed by atoms with Crippen molar-refractivity contribution in [2.24, 2.45) is 11.1 Å². The van der Waals surface area contributed by atoms with Crippen molar-refractivity contribution < 1.29 is 23.5 Å². The largest absolute Gasteiger partial charge is 0.393 e. The molecule has 0 aliphatic heterocycles. The minimum absolute atomic E-state index is 0.00841. The summed E-state index contributed by atoms with van der Waals surface area (Å²) in [5.41, 5.74) is 6.38. The number of hydrogen-bond acceptors (Lipinski definition) is 5. The number of nitrogens with zero attached hydrogens (tertiary/aromatic N) is 2. The molecule has 9 heteroatoms. The predicted octanol–water partition coefficient (Wildman–Crippen LogP) is 3.78. The number of fused-ring (bicyclic) bond motifs is 1. The minimum atomic E-state index is -2.87. The van der Waals surface area contributed by atoms with E-state index in [0.29, 0.717) is 36.3 Å². The fraction of sp³-hybridized carbons (Fsp3) is 0.522. The number of aliphatic hydroxyl groups excluding tert-OH is 1. The number of carbonyl (C=O) groups is 2. The number of nitrogens with two attached hydrogens (primary N) is 1. The number of anilines is 1. The zero-order valence-corrected chi connectivity index (χ0v) is 18.2. The van der Waals surface area contributed by atoms with Crippen molar-refractivity contribution in [2.75, 3.05) is 5.32 Å². The molecule has 1 heterocycles. The summed E-state index contributed by atoms with van der Waals surface area (Å²) in [5, 5.41) is 17.2. The lowest BCUT2D eigenvalue weighted by Crippen LogP contribution is -2.29. The Morgan fingerprint density at radius 3 is 2.56 bits per heavy atom. The van der Waals surface area contributed by atoms with Crippen molar-refractivity contribution >= 4 is 17.4 Å². The Morgan fingerprint density at radius 2 is 1.94 bits per heavy atom. The number of rotatable bonds is 5. The number of halogens is 2. The van der Waals surface area contributed by atoms with Gasteiger partial charge in [-0.1, -0.05) is 13.8 Å². The maximum absolute atomic E-state index is 13.7. The Hall–Kier alpha value is -2.81. The van der Waals surface area contributed by atoms with Gasteiger partial charge in [0, 0.05) is 18.2 Å². The van der Waals surface area contributed by atoms with Gasteiger partial charge in [0.25, 0.3) is 12.3 Å². The van der Waals surface area contributed by atoms with Crippen LogP contribution in [-0.2, 0) is 6.42 Å². The van der Waals surface area contributed by atoms with E-state index in [1.165, 1.54) is 4.68 Å². The van der Waals surface area contributed by atoms with Gasteiger partial charge in [0.05, 0.1) is 28.6 Å². The number of nitrogens with one attached hydrogen (secondary N) is 1. The summed E-state index contributed by atoms with van der Waals surface area (Å²) in [6.45, 7) is 3.85. The summed E-state index contributed by atoms with van der Waals surface area (Å²) < 4.78 is 28.8. The molecule has 2 aliphatic rings. The van der Waals surface area contributed by atoms with Crippen LogP contribution in [0.1, 0.15) is 84.5 Å². The predicted molar refractivity (Wildman–Crippen MR) is 115 cm³/mol. The monoisotopic (exact) mass is 446 g/mol. The van der Waals surface area contributed by atoms with Gasteiger partial charge < -0.3 is 16.2 Å². The fourth-order valence-electron chi connectivity index (χ4n) is 4.78. The van der Waals surface area contributed by atoms with Gasteiger partial charge in [-0.2, -0.15) is 5.10 Å². The number of Topliss-reactive ketones (excluding diaryl/α,β-unsaturated/α-hetero) is 1. The van der Waals surface area contributed by atoms with Crippen LogP contribution in [-0.4, -0.2) is 38.7 Å². The number of benzene rings is 1. The van der Waals surface area contributed by atoms with Crippen molar-refractivity contribution in [3.63, 3.8) is 0 Å². The Bertz CT molecular complexity index is 1060. The molecule has 0 atom stereocenters. The van der Waals surface area contributed by atoms with Crippen LogP contribution in [0.2, 0.25) is 0 Å². The van der Waals surface area contributed by atoms with E-state index in [2.05, 4.69) is 10.4 Å². The molecule has 4 rings (SSSR count). The van der Waals surface area contributed by atoms with Crippen molar-refractivity contribution in [1.82, 2.24) is 9.78 Å². The molecule has 1 fully saturated rings. The molecule has 1 aromatic heterocycles. The molecule has 1 amide bonds. The molecule has 0 spiro atoms. The molecular formula is C23H28F2N4O3. The van der Waals surface area contributed by atoms with Gasteiger partial charge in [0.2, 0.25) is 0 Å². The van der Waals surface area contributed by atoms with Crippen molar-refractivity contribution in [3.05, 3.63) is 40.7 Å². The smallest absolute Gasteiger partial charge is 0.282 e. The third-order valence-corrected chi connectivity index (χ3v) is 6.35. The lowest BCUT2D eigenvalue weighted by Gasteiger charge is -2.29. The van der Waals surface area contributed by atoms with Crippen molar-refractivity contribution in [1.29, 1.82) is 0 Å². The number of ketones is 1. The summed E-state index contributed by atoms with van der Waals surface area (Å²) in [6, 6.07) is 4.86. The Kier molecular flexibility index (Phi) is 5.79. The second-order valence-electron chi connectivity index (χ2n) is 9.60. The van der Waals surface area contributed by atoms with E-state index in [9.17, 15) is 23.5 Å². The molecule has 1 aromatic carbocycles. The molecule has 172 valence electrons. The molecule has 0 unspecified atom stereocenters. The van der Waals surface area contributed by atoms with Crippen LogP contribution < -0.4 is 11.1 Å². The van der Waals surface area contributed by atoms with Gasteiger partial charge in [-0.25, -0.2) is 13.5 Å². The summed E-state index contributed by atoms with van der Waals surface area (Å²) in [6.07, 6.45) is 0.208. The van der Waals surface area contributed by atoms with Crippen LogP contribution >= 0.6 is 0 Å². The lowest BCUT2D eigenvalue weighted by atomic mass is 9.75. The average Bonchev–Trinajstić information content (AvgIpc) is 3.08. The van der Waals surface area contributed by atoms with E-state index < -0.39 is 18.0 Å². The summed E-state index contributed by atoms with van der Waals surface area (Å²) in [5.74, 6) is -0.937. The molecule has 7 nitrogen and oxygen atoms in total. The fourth-order valence-corrected chi connectivity index (χ4v) is 4.78. The number of amides is 1. The number of aromatic nitrogens is 2. The Morgan fingerprint density at radius 1 is 1.25 bits per heavy atom. The van der Waals surface area contributed by atoms with Crippen LogP contribution in [0.5, 0.6) is 0 Å². The number of alkyl halides is 2. The van der Waals surface area contributed by atoms with Crippen LogP contribution in [0.3, 0.4) is 0 Å². The molecule has 0 bridgehead atoms. The summed E-state index contributed by atoms with van der Waals surface area (Å²) in [7, 11) is 0. The van der Waals surface area contributed by atoms with Crippen LogP contribution in [0, 0.1) is 5.41 Å². The van der Waals surface area contributed by atoms with E-state index in [-0.39, 0.29) is 40.9 Å². The number of aliphatic hydroxyl groups is 1.